The zero-order valence-electron chi connectivity index (χ0n) is 12.7. The summed E-state index contributed by atoms with van der Waals surface area (Å²) in [5.74, 6) is 0. The Hall–Kier alpha value is -0.900. The Kier molecular flexibility index (Phi) is 4.11. The van der Waals surface area contributed by atoms with Crippen LogP contribution in [0.3, 0.4) is 0 Å². The van der Waals surface area contributed by atoms with Crippen LogP contribution in [0.4, 0.5) is 0 Å². The van der Waals surface area contributed by atoms with Gasteiger partial charge in [-0.3, -0.25) is 9.80 Å². The molecule has 0 saturated carbocycles. The van der Waals surface area contributed by atoms with Gasteiger partial charge in [0.1, 0.15) is 0 Å². The van der Waals surface area contributed by atoms with Crippen LogP contribution in [0.2, 0.25) is 0 Å². The Morgan fingerprint density at radius 3 is 2.70 bits per heavy atom. The summed E-state index contributed by atoms with van der Waals surface area (Å²) in [6, 6.07) is 12.4. The molecule has 2 aliphatic rings. The summed E-state index contributed by atoms with van der Waals surface area (Å²) in [6.07, 6.45) is 2.72. The number of benzene rings is 1. The Labute approximate surface area is 122 Å². The van der Waals surface area contributed by atoms with E-state index in [0.29, 0.717) is 12.1 Å². The van der Waals surface area contributed by atoms with Crippen molar-refractivity contribution in [3.05, 3.63) is 35.9 Å². The summed E-state index contributed by atoms with van der Waals surface area (Å²) in [6.45, 7) is 8.32. The van der Waals surface area contributed by atoms with E-state index in [-0.39, 0.29) is 6.04 Å². The number of hydrogen-bond acceptors (Lipinski definition) is 3. The third-order valence-corrected chi connectivity index (χ3v) is 5.21. The van der Waals surface area contributed by atoms with Gasteiger partial charge >= 0.3 is 0 Å². The molecule has 3 nitrogen and oxygen atoms in total. The lowest BCUT2D eigenvalue weighted by atomic mass is 9.96. The summed E-state index contributed by atoms with van der Waals surface area (Å²) < 4.78 is 0. The molecular formula is C17H27N3. The van der Waals surface area contributed by atoms with Gasteiger partial charge in [-0.1, -0.05) is 30.3 Å². The highest BCUT2D eigenvalue weighted by atomic mass is 15.3. The predicted molar refractivity (Wildman–Crippen MR) is 83.6 cm³/mol. The Morgan fingerprint density at radius 2 is 1.95 bits per heavy atom. The smallest absolute Gasteiger partial charge is 0.0450 e. The molecule has 3 heteroatoms. The van der Waals surface area contributed by atoms with Crippen LogP contribution in [0.15, 0.2) is 30.3 Å². The van der Waals surface area contributed by atoms with E-state index in [0.717, 1.165) is 6.04 Å². The van der Waals surface area contributed by atoms with Crippen molar-refractivity contribution < 1.29 is 0 Å². The normalized spacial score (nSPS) is 30.9. The molecule has 2 N–H and O–H groups in total. The van der Waals surface area contributed by atoms with Crippen molar-refractivity contribution in [2.24, 2.45) is 5.73 Å². The molecule has 1 aromatic carbocycles. The van der Waals surface area contributed by atoms with Gasteiger partial charge in [0.25, 0.3) is 0 Å². The third kappa shape index (κ3) is 2.62. The molecule has 2 aliphatic heterocycles. The standard InChI is InChI=1S/C17H27N3/c1-13-11-19-10-6-9-16(19)12-20(13)14(2)17(18)15-7-4-3-5-8-15/h3-5,7-8,13-14,16-17H,6,9-12,18H2,1-2H3. The highest BCUT2D eigenvalue weighted by Gasteiger charge is 2.37. The number of nitrogens with zero attached hydrogens (tertiary/aromatic N) is 2. The number of hydrogen-bond donors (Lipinski definition) is 1. The summed E-state index contributed by atoms with van der Waals surface area (Å²) in [5, 5.41) is 0. The van der Waals surface area contributed by atoms with Crippen molar-refractivity contribution in [2.45, 2.75) is 50.9 Å². The second-order valence-corrected chi connectivity index (χ2v) is 6.51. The molecule has 2 fully saturated rings. The van der Waals surface area contributed by atoms with Gasteiger partial charge in [0.15, 0.2) is 0 Å². The molecule has 4 atom stereocenters. The quantitative estimate of drug-likeness (QED) is 0.917. The van der Waals surface area contributed by atoms with Gasteiger partial charge in [0, 0.05) is 37.3 Å². The van der Waals surface area contributed by atoms with E-state index in [1.165, 1.54) is 38.0 Å². The minimum Gasteiger partial charge on any atom is -0.323 e. The average Bonchev–Trinajstić information content (AvgIpc) is 2.93. The van der Waals surface area contributed by atoms with Crippen LogP contribution in [0.1, 0.15) is 38.3 Å². The molecular weight excluding hydrogens is 246 g/mol. The molecule has 0 amide bonds. The molecule has 20 heavy (non-hydrogen) atoms. The Balaban J connectivity index is 1.71. The van der Waals surface area contributed by atoms with Crippen molar-refractivity contribution in [2.75, 3.05) is 19.6 Å². The molecule has 0 radical (unpaired) electrons. The van der Waals surface area contributed by atoms with Crippen molar-refractivity contribution in [3.8, 4) is 0 Å². The molecule has 0 bridgehead atoms. The number of nitrogens with two attached hydrogens (primary N) is 1. The first-order valence-electron chi connectivity index (χ1n) is 7.97. The summed E-state index contributed by atoms with van der Waals surface area (Å²) in [4.78, 5) is 5.30. The van der Waals surface area contributed by atoms with Gasteiger partial charge in [-0.25, -0.2) is 0 Å². The van der Waals surface area contributed by atoms with E-state index in [1.807, 2.05) is 0 Å². The van der Waals surface area contributed by atoms with Gasteiger partial charge in [-0.05, 0) is 38.8 Å². The molecule has 3 rings (SSSR count). The maximum Gasteiger partial charge on any atom is 0.0450 e. The average molecular weight is 273 g/mol. The van der Waals surface area contributed by atoms with Crippen LogP contribution in [0, 0.1) is 0 Å². The molecule has 4 unspecified atom stereocenters. The number of rotatable bonds is 3. The van der Waals surface area contributed by atoms with E-state index >= 15 is 0 Å². The maximum atomic E-state index is 6.51. The van der Waals surface area contributed by atoms with E-state index in [9.17, 15) is 0 Å². The van der Waals surface area contributed by atoms with Gasteiger partial charge in [-0.2, -0.15) is 0 Å². The first kappa shape index (κ1) is 14.1. The zero-order valence-corrected chi connectivity index (χ0v) is 12.7. The fraction of sp³-hybridized carbons (Fsp3) is 0.647. The molecule has 0 aliphatic carbocycles. The predicted octanol–water partition coefficient (Wildman–Crippen LogP) is 2.24. The van der Waals surface area contributed by atoms with Gasteiger partial charge < -0.3 is 5.73 Å². The lowest BCUT2D eigenvalue weighted by Crippen LogP contribution is -2.59. The summed E-state index contributed by atoms with van der Waals surface area (Å²) in [5.41, 5.74) is 7.76. The highest BCUT2D eigenvalue weighted by Crippen LogP contribution is 2.28. The van der Waals surface area contributed by atoms with E-state index in [1.54, 1.807) is 0 Å². The van der Waals surface area contributed by atoms with Crippen molar-refractivity contribution in [1.29, 1.82) is 0 Å². The minimum absolute atomic E-state index is 0.103. The molecule has 0 spiro atoms. The highest BCUT2D eigenvalue weighted by molar-refractivity contribution is 5.20. The van der Waals surface area contributed by atoms with Crippen molar-refractivity contribution in [3.63, 3.8) is 0 Å². The van der Waals surface area contributed by atoms with E-state index < -0.39 is 0 Å². The fourth-order valence-electron chi connectivity index (χ4n) is 3.94. The van der Waals surface area contributed by atoms with Gasteiger partial charge in [-0.15, -0.1) is 0 Å². The number of fused-ring (bicyclic) bond motifs is 1. The van der Waals surface area contributed by atoms with Crippen LogP contribution in [0.5, 0.6) is 0 Å². The first-order chi connectivity index (χ1) is 9.66. The molecule has 1 aromatic rings. The minimum atomic E-state index is 0.103. The zero-order chi connectivity index (χ0) is 14.1. The second kappa shape index (κ2) is 5.84. The molecule has 110 valence electrons. The monoisotopic (exact) mass is 273 g/mol. The molecule has 2 saturated heterocycles. The van der Waals surface area contributed by atoms with Crippen LogP contribution < -0.4 is 5.73 Å². The SMILES string of the molecule is CC1CN2CCCC2CN1C(C)C(N)c1ccccc1. The van der Waals surface area contributed by atoms with E-state index in [2.05, 4.69) is 54.0 Å². The van der Waals surface area contributed by atoms with Gasteiger partial charge in [0.2, 0.25) is 0 Å². The van der Waals surface area contributed by atoms with Crippen molar-refractivity contribution >= 4 is 0 Å². The Morgan fingerprint density at radius 1 is 1.20 bits per heavy atom. The van der Waals surface area contributed by atoms with Crippen LogP contribution in [-0.2, 0) is 0 Å². The first-order valence-corrected chi connectivity index (χ1v) is 7.97. The topological polar surface area (TPSA) is 32.5 Å². The second-order valence-electron chi connectivity index (χ2n) is 6.51. The van der Waals surface area contributed by atoms with Crippen LogP contribution in [0.25, 0.3) is 0 Å². The fourth-order valence-corrected chi connectivity index (χ4v) is 3.94. The number of piperazine rings is 1. The maximum absolute atomic E-state index is 6.51. The van der Waals surface area contributed by atoms with Crippen molar-refractivity contribution in [1.82, 2.24) is 9.80 Å². The van der Waals surface area contributed by atoms with Crippen LogP contribution >= 0.6 is 0 Å². The summed E-state index contributed by atoms with van der Waals surface area (Å²) in [7, 11) is 0. The summed E-state index contributed by atoms with van der Waals surface area (Å²) >= 11 is 0. The lowest BCUT2D eigenvalue weighted by Gasteiger charge is -2.46. The molecule has 0 aromatic heterocycles. The lowest BCUT2D eigenvalue weighted by molar-refractivity contribution is 0.0253. The third-order valence-electron chi connectivity index (χ3n) is 5.21. The van der Waals surface area contributed by atoms with E-state index in [4.69, 9.17) is 5.73 Å². The molecule has 2 heterocycles. The van der Waals surface area contributed by atoms with Crippen LogP contribution in [-0.4, -0.2) is 47.6 Å². The Bertz CT molecular complexity index is 433. The largest absolute Gasteiger partial charge is 0.323 e. The van der Waals surface area contributed by atoms with Gasteiger partial charge in [0.05, 0.1) is 0 Å².